The molecule has 0 spiro atoms. The SMILES string of the molecule is CCc1cc2c(SC3CCOC3C)nc(N)nc2s1. The van der Waals surface area contributed by atoms with Gasteiger partial charge in [-0.15, -0.1) is 11.3 Å². The number of nitrogen functional groups attached to an aromatic ring is 1. The summed E-state index contributed by atoms with van der Waals surface area (Å²) in [6.45, 7) is 5.12. The van der Waals surface area contributed by atoms with Crippen LogP contribution in [0, 0.1) is 0 Å². The number of nitrogens with zero attached hydrogens (tertiary/aromatic N) is 2. The highest BCUT2D eigenvalue weighted by Gasteiger charge is 2.26. The molecule has 3 heterocycles. The fourth-order valence-electron chi connectivity index (χ4n) is 2.24. The van der Waals surface area contributed by atoms with E-state index < -0.39 is 0 Å². The van der Waals surface area contributed by atoms with Gasteiger partial charge in [0, 0.05) is 22.1 Å². The molecule has 2 N–H and O–H groups in total. The van der Waals surface area contributed by atoms with E-state index in [2.05, 4.69) is 29.9 Å². The summed E-state index contributed by atoms with van der Waals surface area (Å²) in [4.78, 5) is 11.1. The lowest BCUT2D eigenvalue weighted by atomic mass is 10.3. The van der Waals surface area contributed by atoms with Crippen LogP contribution in [0.3, 0.4) is 0 Å². The van der Waals surface area contributed by atoms with Crippen LogP contribution in [0.2, 0.25) is 0 Å². The zero-order valence-corrected chi connectivity index (χ0v) is 12.7. The summed E-state index contributed by atoms with van der Waals surface area (Å²) in [5, 5.41) is 2.60. The molecule has 1 fully saturated rings. The Morgan fingerprint density at radius 2 is 2.37 bits per heavy atom. The molecule has 1 aliphatic heterocycles. The van der Waals surface area contributed by atoms with E-state index in [-0.39, 0.29) is 6.10 Å². The summed E-state index contributed by atoms with van der Waals surface area (Å²) < 4.78 is 5.61. The Bertz CT molecular complexity index is 599. The summed E-state index contributed by atoms with van der Waals surface area (Å²) in [5.41, 5.74) is 5.82. The average molecular weight is 295 g/mol. The van der Waals surface area contributed by atoms with Gasteiger partial charge in [-0.2, -0.15) is 0 Å². The van der Waals surface area contributed by atoms with Crippen molar-refractivity contribution in [3.8, 4) is 0 Å². The molecule has 0 saturated carbocycles. The first-order chi connectivity index (χ1) is 9.17. The third-order valence-electron chi connectivity index (χ3n) is 3.34. The Hall–Kier alpha value is -0.850. The minimum Gasteiger partial charge on any atom is -0.377 e. The van der Waals surface area contributed by atoms with Gasteiger partial charge in [-0.25, -0.2) is 9.97 Å². The maximum absolute atomic E-state index is 5.82. The zero-order valence-electron chi connectivity index (χ0n) is 11.0. The smallest absolute Gasteiger partial charge is 0.222 e. The molecule has 0 aromatic carbocycles. The topological polar surface area (TPSA) is 61.0 Å². The predicted molar refractivity (Wildman–Crippen MR) is 80.9 cm³/mol. The van der Waals surface area contributed by atoms with Gasteiger partial charge in [-0.05, 0) is 25.8 Å². The van der Waals surface area contributed by atoms with Gasteiger partial charge in [0.2, 0.25) is 5.95 Å². The van der Waals surface area contributed by atoms with Crippen LogP contribution in [0.1, 0.15) is 25.1 Å². The van der Waals surface area contributed by atoms with E-state index >= 15 is 0 Å². The fourth-order valence-corrected chi connectivity index (χ4v) is 4.47. The minimum atomic E-state index is 0.278. The number of thioether (sulfide) groups is 1. The van der Waals surface area contributed by atoms with E-state index in [1.54, 1.807) is 23.1 Å². The molecule has 0 bridgehead atoms. The normalized spacial score (nSPS) is 23.3. The van der Waals surface area contributed by atoms with Crippen molar-refractivity contribution in [3.63, 3.8) is 0 Å². The fraction of sp³-hybridized carbons (Fsp3) is 0.538. The highest BCUT2D eigenvalue weighted by molar-refractivity contribution is 8.00. The van der Waals surface area contributed by atoms with Gasteiger partial charge in [-0.1, -0.05) is 18.7 Å². The van der Waals surface area contributed by atoms with Crippen molar-refractivity contribution in [1.82, 2.24) is 9.97 Å². The number of aryl methyl sites for hydroxylation is 1. The molecule has 2 aromatic heterocycles. The van der Waals surface area contributed by atoms with Crippen LogP contribution in [0.4, 0.5) is 5.95 Å². The molecule has 1 saturated heterocycles. The molecular formula is C13H17N3OS2. The predicted octanol–water partition coefficient (Wildman–Crippen LogP) is 3.11. The summed E-state index contributed by atoms with van der Waals surface area (Å²) in [6.07, 6.45) is 2.37. The maximum atomic E-state index is 5.82. The number of rotatable bonds is 3. The second-order valence-corrected chi connectivity index (χ2v) is 7.04. The summed E-state index contributed by atoms with van der Waals surface area (Å²) in [6, 6.07) is 2.20. The number of fused-ring (bicyclic) bond motifs is 1. The van der Waals surface area contributed by atoms with Crippen molar-refractivity contribution in [2.24, 2.45) is 0 Å². The lowest BCUT2D eigenvalue weighted by Crippen LogP contribution is -2.13. The largest absolute Gasteiger partial charge is 0.377 e. The standard InChI is InChI=1S/C13H17N3OS2/c1-3-8-6-9-11(18-8)15-13(14)16-12(9)19-10-4-5-17-7(10)2/h6-7,10H,3-5H2,1-2H3,(H2,14,15,16). The molecule has 2 aromatic rings. The second kappa shape index (κ2) is 5.26. The number of ether oxygens (including phenoxy) is 1. The minimum absolute atomic E-state index is 0.278. The van der Waals surface area contributed by atoms with E-state index in [1.807, 2.05) is 0 Å². The van der Waals surface area contributed by atoms with Gasteiger partial charge >= 0.3 is 0 Å². The number of thiophene rings is 1. The molecule has 6 heteroatoms. The number of anilines is 1. The molecular weight excluding hydrogens is 278 g/mol. The van der Waals surface area contributed by atoms with Crippen molar-refractivity contribution in [2.75, 3.05) is 12.3 Å². The Labute approximate surface area is 120 Å². The quantitative estimate of drug-likeness (QED) is 0.882. The van der Waals surface area contributed by atoms with Gasteiger partial charge in [0.25, 0.3) is 0 Å². The van der Waals surface area contributed by atoms with E-state index in [4.69, 9.17) is 10.5 Å². The second-order valence-electron chi connectivity index (χ2n) is 4.69. The summed E-state index contributed by atoms with van der Waals surface area (Å²) in [7, 11) is 0. The monoisotopic (exact) mass is 295 g/mol. The number of aromatic nitrogens is 2. The lowest BCUT2D eigenvalue weighted by molar-refractivity contribution is 0.127. The highest BCUT2D eigenvalue weighted by Crippen LogP contribution is 2.37. The molecule has 0 radical (unpaired) electrons. The van der Waals surface area contributed by atoms with Crippen LogP contribution < -0.4 is 5.73 Å². The van der Waals surface area contributed by atoms with Gasteiger partial charge in [0.05, 0.1) is 6.10 Å². The highest BCUT2D eigenvalue weighted by atomic mass is 32.2. The summed E-state index contributed by atoms with van der Waals surface area (Å²) in [5.74, 6) is 0.367. The third-order valence-corrected chi connectivity index (χ3v) is 5.97. The first-order valence-electron chi connectivity index (χ1n) is 6.51. The molecule has 4 nitrogen and oxygen atoms in total. The number of hydrogen-bond acceptors (Lipinski definition) is 6. The zero-order chi connectivity index (χ0) is 13.4. The molecule has 2 unspecified atom stereocenters. The lowest BCUT2D eigenvalue weighted by Gasteiger charge is -2.13. The van der Waals surface area contributed by atoms with Crippen LogP contribution in [-0.4, -0.2) is 27.9 Å². The Morgan fingerprint density at radius 1 is 1.53 bits per heavy atom. The van der Waals surface area contributed by atoms with Gasteiger partial charge in [0.1, 0.15) is 9.86 Å². The van der Waals surface area contributed by atoms with Crippen molar-refractivity contribution >= 4 is 39.3 Å². The van der Waals surface area contributed by atoms with E-state index in [0.29, 0.717) is 11.2 Å². The molecule has 1 aliphatic rings. The van der Waals surface area contributed by atoms with Crippen molar-refractivity contribution in [1.29, 1.82) is 0 Å². The molecule has 0 amide bonds. The number of hydrogen-bond donors (Lipinski definition) is 1. The van der Waals surface area contributed by atoms with Crippen LogP contribution in [0.25, 0.3) is 10.2 Å². The number of nitrogens with two attached hydrogens (primary N) is 1. The van der Waals surface area contributed by atoms with Gasteiger partial charge in [-0.3, -0.25) is 0 Å². The van der Waals surface area contributed by atoms with Crippen LogP contribution in [-0.2, 0) is 11.2 Å². The molecule has 2 atom stereocenters. The molecule has 0 aliphatic carbocycles. The first kappa shape index (κ1) is 13.1. The van der Waals surface area contributed by atoms with Crippen LogP contribution in [0.5, 0.6) is 0 Å². The Kier molecular flexibility index (Phi) is 3.64. The molecule has 3 rings (SSSR count). The molecule has 19 heavy (non-hydrogen) atoms. The first-order valence-corrected chi connectivity index (χ1v) is 8.21. The van der Waals surface area contributed by atoms with E-state index in [1.165, 1.54) is 4.88 Å². The van der Waals surface area contributed by atoms with Gasteiger partial charge in [0.15, 0.2) is 0 Å². The van der Waals surface area contributed by atoms with E-state index in [9.17, 15) is 0 Å². The Balaban J connectivity index is 1.99. The van der Waals surface area contributed by atoms with Crippen LogP contribution in [0.15, 0.2) is 11.1 Å². The van der Waals surface area contributed by atoms with Crippen molar-refractivity contribution < 1.29 is 4.74 Å². The van der Waals surface area contributed by atoms with Crippen molar-refractivity contribution in [2.45, 2.75) is 43.1 Å². The van der Waals surface area contributed by atoms with Crippen LogP contribution >= 0.6 is 23.1 Å². The van der Waals surface area contributed by atoms with Gasteiger partial charge < -0.3 is 10.5 Å². The molecule has 102 valence electrons. The Morgan fingerprint density at radius 3 is 3.05 bits per heavy atom. The average Bonchev–Trinajstić information content (AvgIpc) is 2.96. The summed E-state index contributed by atoms with van der Waals surface area (Å²) >= 11 is 3.49. The van der Waals surface area contributed by atoms with E-state index in [0.717, 1.165) is 34.7 Å². The van der Waals surface area contributed by atoms with Crippen molar-refractivity contribution in [3.05, 3.63) is 10.9 Å². The maximum Gasteiger partial charge on any atom is 0.222 e. The third kappa shape index (κ3) is 2.57.